The Labute approximate surface area is 104 Å². The summed E-state index contributed by atoms with van der Waals surface area (Å²) in [5, 5.41) is 0. The van der Waals surface area contributed by atoms with Gasteiger partial charge in [0.1, 0.15) is 0 Å². The van der Waals surface area contributed by atoms with Crippen LogP contribution < -0.4 is 0 Å². The fraction of sp³-hybridized carbons (Fsp3) is 0.462. The molecule has 2 unspecified atom stereocenters. The van der Waals surface area contributed by atoms with Crippen LogP contribution in [0.2, 0.25) is 0 Å². The molecule has 0 radical (unpaired) electrons. The molecule has 1 heterocycles. The summed E-state index contributed by atoms with van der Waals surface area (Å²) in [6, 6.07) is 3.63. The second-order valence-electron chi connectivity index (χ2n) is 4.57. The number of amides is 1. The Bertz CT molecular complexity index is 454. The number of hydrogen-bond donors (Lipinski definition) is 0. The summed E-state index contributed by atoms with van der Waals surface area (Å²) in [4.78, 5) is 13.6. The molecule has 0 saturated carbocycles. The van der Waals surface area contributed by atoms with Crippen molar-refractivity contribution in [1.29, 1.82) is 0 Å². The van der Waals surface area contributed by atoms with E-state index in [1.54, 1.807) is 0 Å². The lowest BCUT2D eigenvalue weighted by Crippen LogP contribution is -2.48. The lowest BCUT2D eigenvalue weighted by atomic mass is 10.1. The van der Waals surface area contributed by atoms with E-state index >= 15 is 0 Å². The van der Waals surface area contributed by atoms with Gasteiger partial charge in [-0.05, 0) is 26.0 Å². The molecule has 1 aliphatic rings. The highest BCUT2D eigenvalue weighted by molar-refractivity contribution is 5.94. The fourth-order valence-electron chi connectivity index (χ4n) is 2.18. The van der Waals surface area contributed by atoms with Crippen molar-refractivity contribution in [2.45, 2.75) is 26.1 Å². The van der Waals surface area contributed by atoms with Crippen LogP contribution in [0.15, 0.2) is 18.2 Å². The predicted octanol–water partition coefficient (Wildman–Crippen LogP) is 2.21. The molecule has 5 heteroatoms. The Morgan fingerprint density at radius 1 is 1.28 bits per heavy atom. The Hall–Kier alpha value is -1.49. The molecule has 18 heavy (non-hydrogen) atoms. The van der Waals surface area contributed by atoms with Gasteiger partial charge < -0.3 is 9.64 Å². The Balaban J connectivity index is 2.23. The maximum absolute atomic E-state index is 13.5. The van der Waals surface area contributed by atoms with Crippen LogP contribution in [0.25, 0.3) is 0 Å². The second-order valence-corrected chi connectivity index (χ2v) is 4.57. The summed E-state index contributed by atoms with van der Waals surface area (Å²) >= 11 is 0. The molecule has 0 aromatic heterocycles. The number of hydrogen-bond acceptors (Lipinski definition) is 2. The lowest BCUT2D eigenvalue weighted by Gasteiger charge is -2.35. The normalized spacial score (nSPS) is 24.1. The van der Waals surface area contributed by atoms with Gasteiger partial charge in [0.15, 0.2) is 11.6 Å². The van der Waals surface area contributed by atoms with Crippen molar-refractivity contribution >= 4 is 5.91 Å². The molecule has 0 bridgehead atoms. The molecule has 1 fully saturated rings. The number of carbonyl (C=O) groups is 1. The summed E-state index contributed by atoms with van der Waals surface area (Å²) in [7, 11) is 0. The summed E-state index contributed by atoms with van der Waals surface area (Å²) in [6.45, 7) is 4.47. The Kier molecular flexibility index (Phi) is 3.61. The fourth-order valence-corrected chi connectivity index (χ4v) is 2.18. The highest BCUT2D eigenvalue weighted by Gasteiger charge is 2.28. The minimum atomic E-state index is -1.09. The molecule has 0 spiro atoms. The van der Waals surface area contributed by atoms with Crippen LogP contribution in [0.4, 0.5) is 8.78 Å². The average molecular weight is 255 g/mol. The van der Waals surface area contributed by atoms with E-state index in [9.17, 15) is 13.6 Å². The van der Waals surface area contributed by atoms with Crippen LogP contribution in [0, 0.1) is 11.6 Å². The third-order valence-electron chi connectivity index (χ3n) is 2.89. The molecule has 2 atom stereocenters. The summed E-state index contributed by atoms with van der Waals surface area (Å²) < 4.78 is 32.1. The van der Waals surface area contributed by atoms with Gasteiger partial charge in [0.2, 0.25) is 0 Å². The maximum Gasteiger partial charge on any atom is 0.257 e. The summed E-state index contributed by atoms with van der Waals surface area (Å²) in [5.41, 5.74) is -0.226. The molecule has 0 aliphatic carbocycles. The van der Waals surface area contributed by atoms with E-state index in [-0.39, 0.29) is 17.8 Å². The topological polar surface area (TPSA) is 29.5 Å². The first-order chi connectivity index (χ1) is 8.49. The van der Waals surface area contributed by atoms with E-state index in [0.717, 1.165) is 6.07 Å². The first kappa shape index (κ1) is 13.0. The third kappa shape index (κ3) is 2.51. The third-order valence-corrected chi connectivity index (χ3v) is 2.89. The van der Waals surface area contributed by atoms with E-state index in [4.69, 9.17) is 4.74 Å². The first-order valence-electron chi connectivity index (χ1n) is 5.87. The molecule has 1 aromatic carbocycles. The monoisotopic (exact) mass is 255 g/mol. The molecule has 1 aliphatic heterocycles. The number of rotatable bonds is 1. The zero-order chi connectivity index (χ0) is 13.3. The number of morpholine rings is 1. The van der Waals surface area contributed by atoms with Crippen molar-refractivity contribution < 1.29 is 18.3 Å². The lowest BCUT2D eigenvalue weighted by molar-refractivity contribution is -0.0587. The van der Waals surface area contributed by atoms with Crippen molar-refractivity contribution in [3.8, 4) is 0 Å². The van der Waals surface area contributed by atoms with Crippen LogP contribution >= 0.6 is 0 Å². The molecular weight excluding hydrogens is 240 g/mol. The molecule has 2 rings (SSSR count). The number of halogens is 2. The van der Waals surface area contributed by atoms with Crippen molar-refractivity contribution in [3.05, 3.63) is 35.4 Å². The van der Waals surface area contributed by atoms with Gasteiger partial charge in [-0.15, -0.1) is 0 Å². The first-order valence-corrected chi connectivity index (χ1v) is 5.87. The maximum atomic E-state index is 13.5. The quantitative estimate of drug-likeness (QED) is 0.770. The van der Waals surface area contributed by atoms with E-state index in [1.165, 1.54) is 17.0 Å². The average Bonchev–Trinajstić information content (AvgIpc) is 2.30. The molecule has 1 saturated heterocycles. The number of carbonyl (C=O) groups excluding carboxylic acids is 1. The minimum Gasteiger partial charge on any atom is -0.372 e. The van der Waals surface area contributed by atoms with E-state index in [2.05, 4.69) is 0 Å². The highest BCUT2D eigenvalue weighted by atomic mass is 19.2. The van der Waals surface area contributed by atoms with Gasteiger partial charge in [0, 0.05) is 13.1 Å². The Morgan fingerprint density at radius 3 is 2.50 bits per heavy atom. The Morgan fingerprint density at radius 2 is 1.89 bits per heavy atom. The van der Waals surface area contributed by atoms with Gasteiger partial charge >= 0.3 is 0 Å². The molecule has 3 nitrogen and oxygen atoms in total. The summed E-state index contributed by atoms with van der Waals surface area (Å²) in [5.74, 6) is -2.58. The van der Waals surface area contributed by atoms with Gasteiger partial charge in [0.25, 0.3) is 5.91 Å². The highest BCUT2D eigenvalue weighted by Crippen LogP contribution is 2.17. The van der Waals surface area contributed by atoms with E-state index in [1.807, 2.05) is 13.8 Å². The van der Waals surface area contributed by atoms with Crippen LogP contribution in [0.5, 0.6) is 0 Å². The van der Waals surface area contributed by atoms with Crippen LogP contribution in [-0.2, 0) is 4.74 Å². The van der Waals surface area contributed by atoms with Gasteiger partial charge in [0.05, 0.1) is 17.8 Å². The molecule has 1 amide bonds. The summed E-state index contributed by atoms with van der Waals surface area (Å²) in [6.07, 6.45) is -0.205. The largest absolute Gasteiger partial charge is 0.372 e. The zero-order valence-electron chi connectivity index (χ0n) is 10.3. The standard InChI is InChI=1S/C13H15F2NO2/c1-8-6-16(7-9(2)18-8)13(17)10-4-3-5-11(14)12(10)15/h3-5,8-9H,6-7H2,1-2H3. The van der Waals surface area contributed by atoms with Crippen molar-refractivity contribution in [3.63, 3.8) is 0 Å². The van der Waals surface area contributed by atoms with Crippen LogP contribution in [0.1, 0.15) is 24.2 Å². The molecule has 0 N–H and O–H groups in total. The van der Waals surface area contributed by atoms with Gasteiger partial charge in [-0.25, -0.2) is 8.78 Å². The van der Waals surface area contributed by atoms with Crippen molar-refractivity contribution in [2.24, 2.45) is 0 Å². The number of nitrogens with zero attached hydrogens (tertiary/aromatic N) is 1. The predicted molar refractivity (Wildman–Crippen MR) is 62.3 cm³/mol. The van der Waals surface area contributed by atoms with Crippen molar-refractivity contribution in [1.82, 2.24) is 4.90 Å². The molecular formula is C13H15F2NO2. The minimum absolute atomic E-state index is 0.102. The SMILES string of the molecule is CC1CN(C(=O)c2cccc(F)c2F)CC(C)O1. The van der Waals surface area contributed by atoms with Gasteiger partial charge in [-0.3, -0.25) is 4.79 Å². The smallest absolute Gasteiger partial charge is 0.257 e. The van der Waals surface area contributed by atoms with E-state index in [0.29, 0.717) is 13.1 Å². The van der Waals surface area contributed by atoms with Crippen LogP contribution in [-0.4, -0.2) is 36.1 Å². The number of ether oxygens (including phenoxy) is 1. The van der Waals surface area contributed by atoms with Gasteiger partial charge in [-0.1, -0.05) is 6.07 Å². The molecule has 98 valence electrons. The van der Waals surface area contributed by atoms with Crippen LogP contribution in [0.3, 0.4) is 0 Å². The zero-order valence-corrected chi connectivity index (χ0v) is 10.3. The number of benzene rings is 1. The molecule has 1 aromatic rings. The van der Waals surface area contributed by atoms with Crippen molar-refractivity contribution in [2.75, 3.05) is 13.1 Å². The second kappa shape index (κ2) is 5.02. The van der Waals surface area contributed by atoms with E-state index < -0.39 is 17.5 Å². The van der Waals surface area contributed by atoms with Gasteiger partial charge in [-0.2, -0.15) is 0 Å².